The number of halogens is 1. The Morgan fingerprint density at radius 1 is 1.29 bits per heavy atom. The van der Waals surface area contributed by atoms with Crippen LogP contribution in [0.1, 0.15) is 43.2 Å². The van der Waals surface area contributed by atoms with Crippen LogP contribution in [0.3, 0.4) is 0 Å². The monoisotopic (exact) mass is 309 g/mol. The largest absolute Gasteiger partial charge is 0.336 e. The first-order chi connectivity index (χ1) is 10.0. The Kier molecular flexibility index (Phi) is 5.59. The number of amides is 1. The molecule has 0 bridgehead atoms. The minimum Gasteiger partial charge on any atom is -0.336 e. The van der Waals surface area contributed by atoms with Crippen LogP contribution in [0.5, 0.6) is 0 Å². The summed E-state index contributed by atoms with van der Waals surface area (Å²) in [6, 6.07) is 4.11. The molecule has 0 N–H and O–H groups in total. The molecule has 0 saturated carbocycles. The lowest BCUT2D eigenvalue weighted by Gasteiger charge is -2.37. The quantitative estimate of drug-likeness (QED) is 0.803. The molecule has 5 heteroatoms. The predicted molar refractivity (Wildman–Crippen MR) is 85.9 cm³/mol. The molecule has 2 heterocycles. The van der Waals surface area contributed by atoms with E-state index in [0.717, 1.165) is 44.7 Å². The zero-order valence-corrected chi connectivity index (χ0v) is 13.9. The van der Waals surface area contributed by atoms with Gasteiger partial charge in [-0.15, -0.1) is 0 Å². The van der Waals surface area contributed by atoms with E-state index in [1.54, 1.807) is 6.07 Å². The highest BCUT2D eigenvalue weighted by molar-refractivity contribution is 6.29. The summed E-state index contributed by atoms with van der Waals surface area (Å²) < 4.78 is 0. The minimum atomic E-state index is 0.0674. The number of carbonyl (C=O) groups is 1. The minimum absolute atomic E-state index is 0.0674. The van der Waals surface area contributed by atoms with Crippen LogP contribution in [0.15, 0.2) is 12.1 Å². The lowest BCUT2D eigenvalue weighted by Crippen LogP contribution is -2.51. The zero-order valence-electron chi connectivity index (χ0n) is 13.1. The van der Waals surface area contributed by atoms with Gasteiger partial charge in [0.1, 0.15) is 5.15 Å². The van der Waals surface area contributed by atoms with Crippen molar-refractivity contribution in [2.75, 3.05) is 26.2 Å². The summed E-state index contributed by atoms with van der Waals surface area (Å²) in [5.41, 5.74) is 1.52. The maximum Gasteiger partial charge on any atom is 0.254 e. The smallest absolute Gasteiger partial charge is 0.254 e. The number of nitrogens with zero attached hydrogens (tertiary/aromatic N) is 3. The summed E-state index contributed by atoms with van der Waals surface area (Å²) in [5.74, 6) is 0.0674. The molecule has 1 unspecified atom stereocenters. The number of hydrogen-bond donors (Lipinski definition) is 0. The second-order valence-electron chi connectivity index (χ2n) is 5.61. The molecular weight excluding hydrogens is 286 g/mol. The topological polar surface area (TPSA) is 36.4 Å². The van der Waals surface area contributed by atoms with E-state index in [0.29, 0.717) is 16.8 Å². The first-order valence-corrected chi connectivity index (χ1v) is 8.12. The average Bonchev–Trinajstić information content (AvgIpc) is 2.52. The number of aromatic nitrogens is 1. The lowest BCUT2D eigenvalue weighted by atomic mass is 10.1. The molecule has 21 heavy (non-hydrogen) atoms. The van der Waals surface area contributed by atoms with E-state index in [2.05, 4.69) is 23.7 Å². The number of piperazine rings is 1. The summed E-state index contributed by atoms with van der Waals surface area (Å²) >= 11 is 6.01. The molecule has 0 radical (unpaired) electrons. The van der Waals surface area contributed by atoms with E-state index < -0.39 is 0 Å². The third-order valence-corrected chi connectivity index (χ3v) is 4.47. The van der Waals surface area contributed by atoms with E-state index in [9.17, 15) is 4.79 Å². The highest BCUT2D eigenvalue weighted by Gasteiger charge is 2.24. The second-order valence-corrected chi connectivity index (χ2v) is 6.00. The van der Waals surface area contributed by atoms with Crippen molar-refractivity contribution in [1.29, 1.82) is 0 Å². The molecule has 1 aliphatic rings. The van der Waals surface area contributed by atoms with Gasteiger partial charge >= 0.3 is 0 Å². The van der Waals surface area contributed by atoms with Crippen molar-refractivity contribution in [2.24, 2.45) is 0 Å². The van der Waals surface area contributed by atoms with Crippen LogP contribution in [0.25, 0.3) is 0 Å². The summed E-state index contributed by atoms with van der Waals surface area (Å²) in [6.45, 7) is 9.91. The maximum absolute atomic E-state index is 12.6. The number of pyridine rings is 1. The van der Waals surface area contributed by atoms with Gasteiger partial charge in [-0.05, 0) is 31.9 Å². The van der Waals surface area contributed by atoms with Crippen molar-refractivity contribution in [1.82, 2.24) is 14.8 Å². The van der Waals surface area contributed by atoms with Crippen LogP contribution in [-0.4, -0.2) is 52.9 Å². The molecule has 1 fully saturated rings. The van der Waals surface area contributed by atoms with Gasteiger partial charge in [0.25, 0.3) is 5.91 Å². The molecule has 1 aromatic heterocycles. The van der Waals surface area contributed by atoms with Gasteiger partial charge in [0, 0.05) is 43.5 Å². The number of carbonyl (C=O) groups excluding carboxylic acids is 1. The zero-order chi connectivity index (χ0) is 15.4. The standard InChI is InChI=1S/C16H24ClN3O/c1-4-12(3)19-6-8-20(9-7-19)16(21)13-10-14(5-2)18-15(17)11-13/h10-12H,4-9H2,1-3H3. The van der Waals surface area contributed by atoms with Crippen molar-refractivity contribution in [2.45, 2.75) is 39.7 Å². The number of aryl methyl sites for hydroxylation is 1. The summed E-state index contributed by atoms with van der Waals surface area (Å²) in [4.78, 5) is 21.2. The normalized spacial score (nSPS) is 17.8. The fourth-order valence-corrected chi connectivity index (χ4v) is 2.89. The van der Waals surface area contributed by atoms with Crippen LogP contribution in [0.2, 0.25) is 5.15 Å². The molecular formula is C16H24ClN3O. The Labute approximate surface area is 132 Å². The molecule has 1 atom stereocenters. The van der Waals surface area contributed by atoms with Crippen molar-refractivity contribution >= 4 is 17.5 Å². The summed E-state index contributed by atoms with van der Waals surface area (Å²) in [6.07, 6.45) is 1.93. The molecule has 1 amide bonds. The van der Waals surface area contributed by atoms with Crippen molar-refractivity contribution in [3.8, 4) is 0 Å². The van der Waals surface area contributed by atoms with Crippen LogP contribution < -0.4 is 0 Å². The fourth-order valence-electron chi connectivity index (χ4n) is 2.66. The van der Waals surface area contributed by atoms with Crippen LogP contribution in [0.4, 0.5) is 0 Å². The highest BCUT2D eigenvalue weighted by Crippen LogP contribution is 2.16. The highest BCUT2D eigenvalue weighted by atomic mass is 35.5. The van der Waals surface area contributed by atoms with E-state index in [1.165, 1.54) is 0 Å². The first kappa shape index (κ1) is 16.2. The van der Waals surface area contributed by atoms with Gasteiger partial charge in [0.2, 0.25) is 0 Å². The maximum atomic E-state index is 12.6. The van der Waals surface area contributed by atoms with Crippen LogP contribution in [0, 0.1) is 0 Å². The molecule has 1 aliphatic heterocycles. The van der Waals surface area contributed by atoms with Gasteiger partial charge in [-0.25, -0.2) is 4.98 Å². The molecule has 1 aromatic rings. The predicted octanol–water partition coefficient (Wildman–Crippen LogP) is 2.85. The summed E-state index contributed by atoms with van der Waals surface area (Å²) in [7, 11) is 0. The SMILES string of the molecule is CCc1cc(C(=O)N2CCN(C(C)CC)CC2)cc(Cl)n1. The van der Waals surface area contributed by atoms with Gasteiger partial charge in [-0.1, -0.05) is 25.4 Å². The molecule has 0 aliphatic carbocycles. The molecule has 1 saturated heterocycles. The van der Waals surface area contributed by atoms with Gasteiger partial charge in [-0.3, -0.25) is 9.69 Å². The molecule has 0 aromatic carbocycles. The van der Waals surface area contributed by atoms with Crippen LogP contribution in [-0.2, 0) is 6.42 Å². The van der Waals surface area contributed by atoms with Gasteiger partial charge in [0.15, 0.2) is 0 Å². The lowest BCUT2D eigenvalue weighted by molar-refractivity contribution is 0.0579. The average molecular weight is 310 g/mol. The van der Waals surface area contributed by atoms with E-state index in [4.69, 9.17) is 11.6 Å². The number of hydrogen-bond acceptors (Lipinski definition) is 3. The molecule has 4 nitrogen and oxygen atoms in total. The molecule has 2 rings (SSSR count). The van der Waals surface area contributed by atoms with E-state index in [1.807, 2.05) is 17.9 Å². The Morgan fingerprint density at radius 2 is 1.95 bits per heavy atom. The van der Waals surface area contributed by atoms with Gasteiger partial charge in [0.05, 0.1) is 0 Å². The third kappa shape index (κ3) is 3.95. The van der Waals surface area contributed by atoms with Crippen molar-refractivity contribution in [3.05, 3.63) is 28.5 Å². The van der Waals surface area contributed by atoms with Crippen LogP contribution >= 0.6 is 11.6 Å². The Balaban J connectivity index is 2.03. The third-order valence-electron chi connectivity index (χ3n) is 4.27. The second kappa shape index (κ2) is 7.23. The van der Waals surface area contributed by atoms with Gasteiger partial charge < -0.3 is 4.90 Å². The Morgan fingerprint density at radius 3 is 2.52 bits per heavy atom. The molecule has 116 valence electrons. The fraction of sp³-hybridized carbons (Fsp3) is 0.625. The van der Waals surface area contributed by atoms with Crippen molar-refractivity contribution in [3.63, 3.8) is 0 Å². The van der Waals surface area contributed by atoms with E-state index >= 15 is 0 Å². The van der Waals surface area contributed by atoms with Crippen molar-refractivity contribution < 1.29 is 4.79 Å². The summed E-state index contributed by atoms with van der Waals surface area (Å²) in [5, 5.41) is 0.399. The Bertz CT molecular complexity index is 498. The number of rotatable bonds is 4. The van der Waals surface area contributed by atoms with Gasteiger partial charge in [-0.2, -0.15) is 0 Å². The first-order valence-electron chi connectivity index (χ1n) is 7.75. The Hall–Kier alpha value is -1.13. The van der Waals surface area contributed by atoms with E-state index in [-0.39, 0.29) is 5.91 Å². The molecule has 0 spiro atoms.